The molecule has 0 rings (SSSR count). The Balaban J connectivity index is 3.04. The lowest BCUT2D eigenvalue weighted by atomic mass is 10.2. The number of alkyl carbamates (subject to hydrolysis) is 1. The number of hydrogen-bond donors (Lipinski definition) is 1. The molecule has 0 saturated carbocycles. The maximum absolute atomic E-state index is 10.6. The van der Waals surface area contributed by atoms with Crippen LogP contribution in [-0.4, -0.2) is 33.0 Å². The SMILES string of the molecule is COC(=O)NCCCOCC(C)C. The molecule has 0 aromatic rings. The number of methoxy groups -OCH3 is 1. The van der Waals surface area contributed by atoms with Gasteiger partial charge in [-0.1, -0.05) is 13.8 Å². The van der Waals surface area contributed by atoms with E-state index in [9.17, 15) is 4.79 Å². The molecule has 0 spiro atoms. The second kappa shape index (κ2) is 7.86. The zero-order chi connectivity index (χ0) is 10.1. The van der Waals surface area contributed by atoms with Crippen molar-refractivity contribution in [2.24, 2.45) is 5.92 Å². The third-order valence-electron chi connectivity index (χ3n) is 1.37. The van der Waals surface area contributed by atoms with Crippen molar-refractivity contribution in [3.05, 3.63) is 0 Å². The zero-order valence-corrected chi connectivity index (χ0v) is 8.63. The fourth-order valence-electron chi connectivity index (χ4n) is 0.756. The summed E-state index contributed by atoms with van der Waals surface area (Å²) in [6.07, 6.45) is 0.436. The van der Waals surface area contributed by atoms with Crippen LogP contribution in [0.4, 0.5) is 4.79 Å². The highest BCUT2D eigenvalue weighted by Gasteiger charge is 1.97. The molecule has 78 valence electrons. The summed E-state index contributed by atoms with van der Waals surface area (Å²) in [4.78, 5) is 10.6. The van der Waals surface area contributed by atoms with Crippen LogP contribution in [0.1, 0.15) is 20.3 Å². The fraction of sp³-hybridized carbons (Fsp3) is 0.889. The average molecular weight is 189 g/mol. The Bertz CT molecular complexity index is 137. The Kier molecular flexibility index (Phi) is 7.39. The van der Waals surface area contributed by atoms with Crippen LogP contribution in [-0.2, 0) is 9.47 Å². The van der Waals surface area contributed by atoms with E-state index in [1.54, 1.807) is 0 Å². The second-order valence-corrected chi connectivity index (χ2v) is 3.24. The van der Waals surface area contributed by atoms with Gasteiger partial charge in [-0.05, 0) is 12.3 Å². The van der Waals surface area contributed by atoms with Crippen LogP contribution < -0.4 is 5.32 Å². The van der Waals surface area contributed by atoms with E-state index in [2.05, 4.69) is 23.9 Å². The second-order valence-electron chi connectivity index (χ2n) is 3.24. The summed E-state index contributed by atoms with van der Waals surface area (Å²) in [5, 5.41) is 2.58. The molecule has 13 heavy (non-hydrogen) atoms. The normalized spacial score (nSPS) is 10.2. The van der Waals surface area contributed by atoms with E-state index in [0.29, 0.717) is 19.1 Å². The molecular weight excluding hydrogens is 170 g/mol. The molecule has 1 N–H and O–H groups in total. The monoisotopic (exact) mass is 189 g/mol. The minimum Gasteiger partial charge on any atom is -0.453 e. The highest BCUT2D eigenvalue weighted by molar-refractivity contribution is 5.66. The lowest BCUT2D eigenvalue weighted by Gasteiger charge is -2.06. The maximum Gasteiger partial charge on any atom is 0.406 e. The van der Waals surface area contributed by atoms with E-state index in [-0.39, 0.29) is 6.09 Å². The fourth-order valence-corrected chi connectivity index (χ4v) is 0.756. The smallest absolute Gasteiger partial charge is 0.406 e. The standard InChI is InChI=1S/C9H19NO3/c1-8(2)7-13-6-4-5-10-9(11)12-3/h8H,4-7H2,1-3H3,(H,10,11). The molecule has 0 fully saturated rings. The Morgan fingerprint density at radius 2 is 2.15 bits per heavy atom. The molecule has 0 aliphatic heterocycles. The molecular formula is C9H19NO3. The van der Waals surface area contributed by atoms with Crippen molar-refractivity contribution >= 4 is 6.09 Å². The van der Waals surface area contributed by atoms with Crippen LogP contribution in [0.15, 0.2) is 0 Å². The molecule has 0 unspecified atom stereocenters. The zero-order valence-electron chi connectivity index (χ0n) is 8.63. The molecule has 0 saturated heterocycles. The Morgan fingerprint density at radius 1 is 1.46 bits per heavy atom. The maximum atomic E-state index is 10.6. The lowest BCUT2D eigenvalue weighted by molar-refractivity contribution is 0.107. The molecule has 0 aromatic carbocycles. The van der Waals surface area contributed by atoms with Gasteiger partial charge in [0.2, 0.25) is 0 Å². The summed E-state index contributed by atoms with van der Waals surface area (Å²) < 4.78 is 9.72. The van der Waals surface area contributed by atoms with Crippen LogP contribution in [0.25, 0.3) is 0 Å². The summed E-state index contributed by atoms with van der Waals surface area (Å²) in [5.74, 6) is 0.563. The molecule has 0 aliphatic rings. The first-order valence-corrected chi connectivity index (χ1v) is 4.56. The van der Waals surface area contributed by atoms with Gasteiger partial charge in [-0.25, -0.2) is 4.79 Å². The van der Waals surface area contributed by atoms with Crippen LogP contribution >= 0.6 is 0 Å². The van der Waals surface area contributed by atoms with Crippen LogP contribution in [0.2, 0.25) is 0 Å². The number of amides is 1. The van der Waals surface area contributed by atoms with Gasteiger partial charge in [0.1, 0.15) is 0 Å². The summed E-state index contributed by atoms with van der Waals surface area (Å²) >= 11 is 0. The number of ether oxygens (including phenoxy) is 2. The van der Waals surface area contributed by atoms with E-state index in [0.717, 1.165) is 13.0 Å². The minimum absolute atomic E-state index is 0.385. The predicted octanol–water partition coefficient (Wildman–Crippen LogP) is 1.41. The number of hydrogen-bond acceptors (Lipinski definition) is 3. The molecule has 0 aliphatic carbocycles. The van der Waals surface area contributed by atoms with Crippen molar-refractivity contribution in [1.29, 1.82) is 0 Å². The van der Waals surface area contributed by atoms with Gasteiger partial charge in [0.05, 0.1) is 7.11 Å². The van der Waals surface area contributed by atoms with E-state index >= 15 is 0 Å². The summed E-state index contributed by atoms with van der Waals surface area (Å²) in [5.41, 5.74) is 0. The third-order valence-corrected chi connectivity index (χ3v) is 1.37. The first kappa shape index (κ1) is 12.2. The Morgan fingerprint density at radius 3 is 2.69 bits per heavy atom. The van der Waals surface area contributed by atoms with Crippen LogP contribution in [0.3, 0.4) is 0 Å². The molecule has 1 amide bonds. The van der Waals surface area contributed by atoms with Crippen molar-refractivity contribution in [3.63, 3.8) is 0 Å². The summed E-state index contributed by atoms with van der Waals surface area (Å²) in [6.45, 7) is 6.27. The summed E-state index contributed by atoms with van der Waals surface area (Å²) in [6, 6.07) is 0. The van der Waals surface area contributed by atoms with Crippen LogP contribution in [0.5, 0.6) is 0 Å². The van der Waals surface area contributed by atoms with Crippen molar-refractivity contribution in [1.82, 2.24) is 5.32 Å². The van der Waals surface area contributed by atoms with Gasteiger partial charge in [0, 0.05) is 19.8 Å². The van der Waals surface area contributed by atoms with E-state index < -0.39 is 0 Å². The van der Waals surface area contributed by atoms with Gasteiger partial charge in [0.25, 0.3) is 0 Å². The summed E-state index contributed by atoms with van der Waals surface area (Å²) in [7, 11) is 1.35. The van der Waals surface area contributed by atoms with Crippen molar-refractivity contribution in [3.8, 4) is 0 Å². The topological polar surface area (TPSA) is 47.6 Å². The first-order chi connectivity index (χ1) is 6.16. The average Bonchev–Trinajstić information content (AvgIpc) is 2.10. The van der Waals surface area contributed by atoms with E-state index in [1.165, 1.54) is 7.11 Å². The number of nitrogens with one attached hydrogen (secondary N) is 1. The number of rotatable bonds is 6. The molecule has 0 bridgehead atoms. The molecule has 0 aromatic heterocycles. The van der Waals surface area contributed by atoms with Crippen molar-refractivity contribution < 1.29 is 14.3 Å². The van der Waals surface area contributed by atoms with Gasteiger partial charge in [-0.2, -0.15) is 0 Å². The van der Waals surface area contributed by atoms with Gasteiger partial charge in [0.15, 0.2) is 0 Å². The first-order valence-electron chi connectivity index (χ1n) is 4.56. The Hall–Kier alpha value is -0.770. The highest BCUT2D eigenvalue weighted by Crippen LogP contribution is 1.92. The van der Waals surface area contributed by atoms with E-state index in [1.807, 2.05) is 0 Å². The quantitative estimate of drug-likeness (QED) is 0.642. The third kappa shape index (κ3) is 9.14. The highest BCUT2D eigenvalue weighted by atomic mass is 16.5. The minimum atomic E-state index is -0.385. The van der Waals surface area contributed by atoms with Gasteiger partial charge in [-0.15, -0.1) is 0 Å². The van der Waals surface area contributed by atoms with Gasteiger partial charge < -0.3 is 14.8 Å². The lowest BCUT2D eigenvalue weighted by Crippen LogP contribution is -2.24. The van der Waals surface area contributed by atoms with Gasteiger partial charge >= 0.3 is 6.09 Å². The Labute approximate surface area is 79.6 Å². The van der Waals surface area contributed by atoms with Crippen LogP contribution in [0, 0.1) is 5.92 Å². The molecule has 4 heteroatoms. The molecule has 0 atom stereocenters. The number of carbonyl (C=O) groups is 1. The van der Waals surface area contributed by atoms with Crippen molar-refractivity contribution in [2.75, 3.05) is 26.9 Å². The largest absolute Gasteiger partial charge is 0.453 e. The molecule has 0 radical (unpaired) electrons. The van der Waals surface area contributed by atoms with Gasteiger partial charge in [-0.3, -0.25) is 0 Å². The van der Waals surface area contributed by atoms with Crippen molar-refractivity contribution in [2.45, 2.75) is 20.3 Å². The number of carbonyl (C=O) groups excluding carboxylic acids is 1. The predicted molar refractivity (Wildman–Crippen MR) is 50.7 cm³/mol. The molecule has 0 heterocycles. The van der Waals surface area contributed by atoms with E-state index in [4.69, 9.17) is 4.74 Å². The molecule has 4 nitrogen and oxygen atoms in total.